The van der Waals surface area contributed by atoms with E-state index in [0.29, 0.717) is 19.3 Å². The van der Waals surface area contributed by atoms with Crippen LogP contribution in [0.5, 0.6) is 0 Å². The van der Waals surface area contributed by atoms with Crippen LogP contribution >= 0.6 is 0 Å². The fourth-order valence-electron chi connectivity index (χ4n) is 3.48. The van der Waals surface area contributed by atoms with Crippen LogP contribution in [-0.4, -0.2) is 30.0 Å². The van der Waals surface area contributed by atoms with Gasteiger partial charge >= 0.3 is 0 Å². The van der Waals surface area contributed by atoms with E-state index in [9.17, 15) is 28.3 Å². The highest BCUT2D eigenvalue weighted by molar-refractivity contribution is 5.95. The minimum absolute atomic E-state index is 0.0405. The summed E-state index contributed by atoms with van der Waals surface area (Å²) in [5.74, 6) is -2.14. The Balaban J connectivity index is 1.88. The first kappa shape index (κ1) is 22.2. The van der Waals surface area contributed by atoms with Crippen LogP contribution in [0.1, 0.15) is 37.8 Å². The molecule has 0 spiro atoms. The summed E-state index contributed by atoms with van der Waals surface area (Å²) in [7, 11) is 3.12. The Hall–Kier alpha value is -3.49. The van der Waals surface area contributed by atoms with Crippen LogP contribution in [0.4, 0.5) is 20.2 Å². The van der Waals surface area contributed by atoms with Gasteiger partial charge in [-0.15, -0.1) is 0 Å². The van der Waals surface area contributed by atoms with E-state index in [1.54, 1.807) is 27.1 Å². The van der Waals surface area contributed by atoms with Gasteiger partial charge < -0.3 is 20.6 Å². The number of halogens is 2. The number of nitrogens with one attached hydrogen (secondary N) is 2. The lowest BCUT2D eigenvalue weighted by Crippen LogP contribution is -2.38. The van der Waals surface area contributed by atoms with Crippen molar-refractivity contribution in [2.45, 2.75) is 32.2 Å². The lowest BCUT2D eigenvalue weighted by Gasteiger charge is -2.24. The lowest BCUT2D eigenvalue weighted by molar-refractivity contribution is -0.125. The van der Waals surface area contributed by atoms with Crippen molar-refractivity contribution in [2.24, 2.45) is 0 Å². The number of anilines is 2. The van der Waals surface area contributed by atoms with Gasteiger partial charge in [-0.05, 0) is 37.0 Å². The Bertz CT molecular complexity index is 1140. The van der Waals surface area contributed by atoms with Crippen molar-refractivity contribution in [3.05, 3.63) is 78.9 Å². The second-order valence-corrected chi connectivity index (χ2v) is 7.52. The molecule has 1 aliphatic carbocycles. The van der Waals surface area contributed by atoms with E-state index < -0.39 is 28.5 Å². The molecular formula is C22H23F2N3O4. The largest absolute Gasteiger partial charge is 0.505 e. The zero-order valence-corrected chi connectivity index (χ0v) is 17.4. The van der Waals surface area contributed by atoms with Gasteiger partial charge in [-0.3, -0.25) is 14.4 Å². The Kier molecular flexibility index (Phi) is 6.24. The standard InChI is InChI=1S/C22H23F2N3O4/c1-4-15(11-8-12(23)10-13(24)9-11)25-17-18(21(30)20(17)29)26-16-7-5-6-14(19(16)28)22(31)27(2)3/h7-10,15,25-26,28H,4-6H2,1-3H3. The van der Waals surface area contributed by atoms with Gasteiger partial charge in [0.05, 0.1) is 17.3 Å². The zero-order valence-electron chi connectivity index (χ0n) is 17.4. The first-order valence-electron chi connectivity index (χ1n) is 9.81. The molecule has 0 bridgehead atoms. The van der Waals surface area contributed by atoms with E-state index in [-0.39, 0.29) is 39.9 Å². The summed E-state index contributed by atoms with van der Waals surface area (Å²) in [5, 5.41) is 16.1. The van der Waals surface area contributed by atoms with E-state index in [0.717, 1.165) is 18.2 Å². The van der Waals surface area contributed by atoms with Gasteiger partial charge in [-0.2, -0.15) is 0 Å². The maximum atomic E-state index is 13.6. The van der Waals surface area contributed by atoms with Gasteiger partial charge in [0.2, 0.25) is 0 Å². The van der Waals surface area contributed by atoms with E-state index >= 15 is 0 Å². The predicted molar refractivity (Wildman–Crippen MR) is 114 cm³/mol. The molecule has 0 fully saturated rings. The van der Waals surface area contributed by atoms with Crippen molar-refractivity contribution >= 4 is 17.3 Å². The number of amides is 1. The van der Waals surface area contributed by atoms with Crippen LogP contribution in [0.15, 0.2) is 50.9 Å². The molecule has 0 heterocycles. The van der Waals surface area contributed by atoms with Crippen molar-refractivity contribution in [2.75, 3.05) is 24.7 Å². The molecule has 1 aliphatic rings. The molecule has 0 saturated carbocycles. The summed E-state index contributed by atoms with van der Waals surface area (Å²) in [6.07, 6.45) is 2.81. The summed E-state index contributed by atoms with van der Waals surface area (Å²) >= 11 is 0. The number of hydrogen-bond donors (Lipinski definition) is 3. The van der Waals surface area contributed by atoms with Gasteiger partial charge in [0, 0.05) is 20.2 Å². The normalized spacial score (nSPS) is 14.9. The predicted octanol–water partition coefficient (Wildman–Crippen LogP) is 3.11. The number of carbonyl (C=O) groups is 1. The molecule has 9 heteroatoms. The molecule has 3 rings (SSSR count). The third-order valence-corrected chi connectivity index (χ3v) is 5.13. The molecular weight excluding hydrogens is 408 g/mol. The smallest absolute Gasteiger partial charge is 0.253 e. The first-order valence-corrected chi connectivity index (χ1v) is 9.81. The number of benzene rings is 1. The molecule has 1 amide bonds. The highest BCUT2D eigenvalue weighted by Crippen LogP contribution is 2.30. The molecule has 1 unspecified atom stereocenters. The number of carbonyl (C=O) groups excluding carboxylic acids is 1. The zero-order chi connectivity index (χ0) is 22.9. The summed E-state index contributed by atoms with van der Waals surface area (Å²) in [6, 6.07) is 2.43. The van der Waals surface area contributed by atoms with Crippen LogP contribution in [0, 0.1) is 11.6 Å². The van der Waals surface area contributed by atoms with Crippen molar-refractivity contribution in [3.63, 3.8) is 0 Å². The number of nitrogens with zero attached hydrogens (tertiary/aromatic N) is 1. The number of rotatable bonds is 7. The van der Waals surface area contributed by atoms with Crippen molar-refractivity contribution in [3.8, 4) is 0 Å². The van der Waals surface area contributed by atoms with Crippen molar-refractivity contribution < 1.29 is 18.7 Å². The second kappa shape index (κ2) is 8.71. The van der Waals surface area contributed by atoms with Crippen molar-refractivity contribution in [1.82, 2.24) is 4.90 Å². The molecule has 2 aromatic rings. The number of allylic oxidation sites excluding steroid dienone is 1. The van der Waals surface area contributed by atoms with Gasteiger partial charge in [-0.25, -0.2) is 8.78 Å². The second-order valence-electron chi connectivity index (χ2n) is 7.52. The minimum Gasteiger partial charge on any atom is -0.505 e. The number of likely N-dealkylation sites (N-methyl/N-ethyl adjacent to an activating group) is 1. The summed E-state index contributed by atoms with van der Waals surface area (Å²) < 4.78 is 27.2. The quantitative estimate of drug-likeness (QED) is 0.583. The minimum atomic E-state index is -0.789. The molecule has 164 valence electrons. The van der Waals surface area contributed by atoms with E-state index in [1.165, 1.54) is 4.90 Å². The van der Waals surface area contributed by atoms with Crippen LogP contribution in [-0.2, 0) is 4.79 Å². The fraction of sp³-hybridized carbons (Fsp3) is 0.318. The maximum absolute atomic E-state index is 13.6. The van der Waals surface area contributed by atoms with Gasteiger partial charge in [0.1, 0.15) is 28.8 Å². The van der Waals surface area contributed by atoms with Crippen LogP contribution in [0.2, 0.25) is 0 Å². The average molecular weight is 431 g/mol. The Morgan fingerprint density at radius 2 is 1.74 bits per heavy atom. The average Bonchev–Trinajstić information content (AvgIpc) is 2.72. The Labute approximate surface area is 177 Å². The summed E-state index contributed by atoms with van der Waals surface area (Å²) in [4.78, 5) is 37.9. The number of hydrogen-bond acceptors (Lipinski definition) is 6. The third-order valence-electron chi connectivity index (χ3n) is 5.13. The molecule has 0 aromatic heterocycles. The Morgan fingerprint density at radius 1 is 1.13 bits per heavy atom. The third kappa shape index (κ3) is 4.35. The van der Waals surface area contributed by atoms with Gasteiger partial charge in [-0.1, -0.05) is 13.0 Å². The highest BCUT2D eigenvalue weighted by atomic mass is 19.1. The van der Waals surface area contributed by atoms with Gasteiger partial charge in [0.25, 0.3) is 16.8 Å². The van der Waals surface area contributed by atoms with E-state index in [2.05, 4.69) is 10.6 Å². The molecule has 0 aliphatic heterocycles. The van der Waals surface area contributed by atoms with E-state index in [4.69, 9.17) is 0 Å². The maximum Gasteiger partial charge on any atom is 0.253 e. The first-order chi connectivity index (χ1) is 14.6. The van der Waals surface area contributed by atoms with Gasteiger partial charge in [0.15, 0.2) is 0 Å². The van der Waals surface area contributed by atoms with E-state index in [1.807, 2.05) is 0 Å². The molecule has 1 atom stereocenters. The van der Waals surface area contributed by atoms with Crippen LogP contribution in [0.3, 0.4) is 0 Å². The fourth-order valence-corrected chi connectivity index (χ4v) is 3.48. The summed E-state index contributed by atoms with van der Waals surface area (Å²) in [6.45, 7) is 1.76. The number of aliphatic hydroxyl groups is 1. The number of aliphatic hydroxyl groups excluding tert-OH is 1. The SMILES string of the molecule is CCC(Nc1c(NC2=CCCC(C(=O)N(C)C)=C2O)c(=O)c1=O)c1cc(F)cc(F)c1. The monoisotopic (exact) mass is 431 g/mol. The topological polar surface area (TPSA) is 98.7 Å². The van der Waals surface area contributed by atoms with Crippen LogP contribution in [0.25, 0.3) is 0 Å². The molecule has 2 aromatic carbocycles. The highest BCUT2D eigenvalue weighted by Gasteiger charge is 2.28. The van der Waals surface area contributed by atoms with Crippen LogP contribution < -0.4 is 21.5 Å². The molecule has 7 nitrogen and oxygen atoms in total. The lowest BCUT2D eigenvalue weighted by atomic mass is 9.99. The molecule has 0 radical (unpaired) electrons. The molecule has 0 saturated heterocycles. The molecule has 3 N–H and O–H groups in total. The summed E-state index contributed by atoms with van der Waals surface area (Å²) in [5.41, 5.74) is -1.04. The molecule has 31 heavy (non-hydrogen) atoms. The Morgan fingerprint density at radius 3 is 2.32 bits per heavy atom. The van der Waals surface area contributed by atoms with Crippen molar-refractivity contribution in [1.29, 1.82) is 0 Å².